The van der Waals surface area contributed by atoms with E-state index in [0.717, 1.165) is 23.4 Å². The Kier molecular flexibility index (Phi) is 8.28. The van der Waals surface area contributed by atoms with Crippen LogP contribution in [-0.2, 0) is 16.1 Å². The Morgan fingerprint density at radius 3 is 2.65 bits per heavy atom. The highest BCUT2D eigenvalue weighted by Gasteiger charge is 2.00. The number of benzene rings is 1. The van der Waals surface area contributed by atoms with Gasteiger partial charge in [0.2, 0.25) is 0 Å². The Balaban J connectivity index is 2.23. The SMILES string of the molecule is C=CC(CC/C=C(/C)COCc1ccc(Cl)cc1)OC. The summed E-state index contributed by atoms with van der Waals surface area (Å²) in [6, 6.07) is 7.72. The molecule has 1 aromatic carbocycles. The number of hydrogen-bond acceptors (Lipinski definition) is 2. The molecule has 0 heterocycles. The molecule has 0 fully saturated rings. The molecule has 0 N–H and O–H groups in total. The quantitative estimate of drug-likeness (QED) is 0.610. The van der Waals surface area contributed by atoms with Gasteiger partial charge in [-0.15, -0.1) is 6.58 Å². The van der Waals surface area contributed by atoms with Crippen LogP contribution in [0.3, 0.4) is 0 Å². The first-order valence-electron chi connectivity index (χ1n) is 6.79. The van der Waals surface area contributed by atoms with Gasteiger partial charge < -0.3 is 9.47 Å². The van der Waals surface area contributed by atoms with Crippen molar-refractivity contribution in [2.45, 2.75) is 32.5 Å². The average Bonchev–Trinajstić information content (AvgIpc) is 2.46. The van der Waals surface area contributed by atoms with Gasteiger partial charge in [0.1, 0.15) is 0 Å². The van der Waals surface area contributed by atoms with Crippen LogP contribution in [0, 0.1) is 0 Å². The summed E-state index contributed by atoms with van der Waals surface area (Å²) in [4.78, 5) is 0. The zero-order valence-corrected chi connectivity index (χ0v) is 13.0. The van der Waals surface area contributed by atoms with E-state index in [1.807, 2.05) is 30.3 Å². The zero-order chi connectivity index (χ0) is 14.8. The number of halogens is 1. The first kappa shape index (κ1) is 17.0. The van der Waals surface area contributed by atoms with E-state index in [9.17, 15) is 0 Å². The Labute approximate surface area is 127 Å². The second kappa shape index (κ2) is 9.76. The van der Waals surface area contributed by atoms with Crippen LogP contribution in [0.2, 0.25) is 5.02 Å². The van der Waals surface area contributed by atoms with Gasteiger partial charge in [-0.3, -0.25) is 0 Å². The van der Waals surface area contributed by atoms with E-state index in [1.165, 1.54) is 5.57 Å². The van der Waals surface area contributed by atoms with Crippen molar-refractivity contribution < 1.29 is 9.47 Å². The highest BCUT2D eigenvalue weighted by molar-refractivity contribution is 6.30. The lowest BCUT2D eigenvalue weighted by Crippen LogP contribution is -2.05. The van der Waals surface area contributed by atoms with Gasteiger partial charge in [-0.2, -0.15) is 0 Å². The molecule has 0 spiro atoms. The van der Waals surface area contributed by atoms with Crippen molar-refractivity contribution in [1.82, 2.24) is 0 Å². The molecule has 1 unspecified atom stereocenters. The molecule has 110 valence electrons. The second-order valence-corrected chi connectivity index (χ2v) is 5.19. The van der Waals surface area contributed by atoms with Crippen LogP contribution in [0.1, 0.15) is 25.3 Å². The largest absolute Gasteiger partial charge is 0.377 e. The molecular formula is C17H23ClO2. The Morgan fingerprint density at radius 2 is 2.05 bits per heavy atom. The predicted octanol–water partition coefficient (Wildman–Crippen LogP) is 4.78. The normalized spacial score (nSPS) is 13.2. The molecule has 0 aliphatic carbocycles. The van der Waals surface area contributed by atoms with E-state index in [2.05, 4.69) is 19.6 Å². The minimum atomic E-state index is 0.133. The average molecular weight is 295 g/mol. The lowest BCUT2D eigenvalue weighted by molar-refractivity contribution is 0.133. The van der Waals surface area contributed by atoms with E-state index in [1.54, 1.807) is 7.11 Å². The molecule has 1 rings (SSSR count). The summed E-state index contributed by atoms with van der Waals surface area (Å²) < 4.78 is 10.9. The summed E-state index contributed by atoms with van der Waals surface area (Å²) in [7, 11) is 1.71. The maximum absolute atomic E-state index is 5.84. The highest BCUT2D eigenvalue weighted by Crippen LogP contribution is 2.11. The van der Waals surface area contributed by atoms with E-state index >= 15 is 0 Å². The topological polar surface area (TPSA) is 18.5 Å². The van der Waals surface area contributed by atoms with Crippen molar-refractivity contribution in [1.29, 1.82) is 0 Å². The van der Waals surface area contributed by atoms with E-state index in [4.69, 9.17) is 21.1 Å². The van der Waals surface area contributed by atoms with Gasteiger partial charge >= 0.3 is 0 Å². The molecule has 1 atom stereocenters. The fourth-order valence-corrected chi connectivity index (χ4v) is 1.92. The summed E-state index contributed by atoms with van der Waals surface area (Å²) in [6.07, 6.45) is 6.08. The molecule has 0 aliphatic rings. The molecule has 0 amide bonds. The van der Waals surface area contributed by atoms with Crippen molar-refractivity contribution in [2.24, 2.45) is 0 Å². The van der Waals surface area contributed by atoms with Crippen LogP contribution in [0.15, 0.2) is 48.6 Å². The molecular weight excluding hydrogens is 272 g/mol. The van der Waals surface area contributed by atoms with Gasteiger partial charge in [-0.05, 0) is 37.5 Å². The summed E-state index contributed by atoms with van der Waals surface area (Å²) in [5.41, 5.74) is 2.37. The van der Waals surface area contributed by atoms with E-state index < -0.39 is 0 Å². The highest BCUT2D eigenvalue weighted by atomic mass is 35.5. The monoisotopic (exact) mass is 294 g/mol. The molecule has 3 heteroatoms. The van der Waals surface area contributed by atoms with E-state index in [-0.39, 0.29) is 6.10 Å². The van der Waals surface area contributed by atoms with Crippen LogP contribution in [0.25, 0.3) is 0 Å². The number of hydrogen-bond donors (Lipinski definition) is 0. The first-order valence-corrected chi connectivity index (χ1v) is 7.16. The Hall–Kier alpha value is -1.09. The molecule has 0 aliphatic heterocycles. The van der Waals surface area contributed by atoms with Crippen LogP contribution in [-0.4, -0.2) is 19.8 Å². The lowest BCUT2D eigenvalue weighted by atomic mass is 10.1. The third-order valence-corrected chi connectivity index (χ3v) is 3.27. The smallest absolute Gasteiger partial charge is 0.0752 e. The van der Waals surface area contributed by atoms with Crippen LogP contribution >= 0.6 is 11.6 Å². The lowest BCUT2D eigenvalue weighted by Gasteiger charge is -2.09. The minimum absolute atomic E-state index is 0.133. The summed E-state index contributed by atoms with van der Waals surface area (Å²) >= 11 is 5.84. The van der Waals surface area contributed by atoms with Crippen LogP contribution < -0.4 is 0 Å². The fourth-order valence-electron chi connectivity index (χ4n) is 1.80. The maximum Gasteiger partial charge on any atom is 0.0752 e. The Morgan fingerprint density at radius 1 is 1.35 bits per heavy atom. The Bertz CT molecular complexity index is 423. The molecule has 0 saturated heterocycles. The number of allylic oxidation sites excluding steroid dienone is 1. The van der Waals surface area contributed by atoms with Gasteiger partial charge in [0, 0.05) is 12.1 Å². The van der Waals surface area contributed by atoms with Crippen molar-refractivity contribution in [3.05, 3.63) is 59.2 Å². The first-order chi connectivity index (χ1) is 9.65. The maximum atomic E-state index is 5.84. The van der Waals surface area contributed by atoms with Crippen molar-refractivity contribution >= 4 is 11.6 Å². The second-order valence-electron chi connectivity index (χ2n) is 4.76. The zero-order valence-electron chi connectivity index (χ0n) is 12.3. The van der Waals surface area contributed by atoms with Crippen LogP contribution in [0.4, 0.5) is 0 Å². The number of rotatable bonds is 9. The molecule has 0 saturated carbocycles. The summed E-state index contributed by atoms with van der Waals surface area (Å²) in [5.74, 6) is 0. The summed E-state index contributed by atoms with van der Waals surface area (Å²) in [6.45, 7) is 7.07. The van der Waals surface area contributed by atoms with Crippen molar-refractivity contribution in [3.63, 3.8) is 0 Å². The molecule has 0 bridgehead atoms. The third kappa shape index (κ3) is 6.90. The van der Waals surface area contributed by atoms with E-state index in [0.29, 0.717) is 13.2 Å². The van der Waals surface area contributed by atoms with Gasteiger partial charge in [-0.25, -0.2) is 0 Å². The predicted molar refractivity (Wildman–Crippen MR) is 85.1 cm³/mol. The van der Waals surface area contributed by atoms with Gasteiger partial charge in [-0.1, -0.05) is 41.5 Å². The standard InChI is InChI=1S/C17H23ClO2/c1-4-17(19-3)7-5-6-14(2)12-20-13-15-8-10-16(18)11-9-15/h4,6,8-11,17H,1,5,7,12-13H2,2-3H3/b14-6-. The van der Waals surface area contributed by atoms with Gasteiger partial charge in [0.05, 0.1) is 19.3 Å². The molecule has 0 radical (unpaired) electrons. The molecule has 0 aromatic heterocycles. The summed E-state index contributed by atoms with van der Waals surface area (Å²) in [5, 5.41) is 0.750. The van der Waals surface area contributed by atoms with Crippen molar-refractivity contribution in [2.75, 3.05) is 13.7 Å². The van der Waals surface area contributed by atoms with Gasteiger partial charge in [0.15, 0.2) is 0 Å². The number of ether oxygens (including phenoxy) is 2. The van der Waals surface area contributed by atoms with Crippen molar-refractivity contribution in [3.8, 4) is 0 Å². The third-order valence-electron chi connectivity index (χ3n) is 3.02. The van der Waals surface area contributed by atoms with Crippen LogP contribution in [0.5, 0.6) is 0 Å². The van der Waals surface area contributed by atoms with Gasteiger partial charge in [0.25, 0.3) is 0 Å². The number of methoxy groups -OCH3 is 1. The fraction of sp³-hybridized carbons (Fsp3) is 0.412. The molecule has 1 aromatic rings. The minimum Gasteiger partial charge on any atom is -0.377 e. The molecule has 20 heavy (non-hydrogen) atoms. The molecule has 2 nitrogen and oxygen atoms in total.